The lowest BCUT2D eigenvalue weighted by molar-refractivity contribution is -0.136. The highest BCUT2D eigenvalue weighted by Crippen LogP contribution is 2.08. The van der Waals surface area contributed by atoms with Gasteiger partial charge in [-0.25, -0.2) is 0 Å². The second kappa shape index (κ2) is 8.59. The molecule has 1 atom stereocenters. The number of nitrogens with one attached hydrogen (secondary N) is 1. The van der Waals surface area contributed by atoms with Gasteiger partial charge in [-0.2, -0.15) is 11.8 Å². The minimum absolute atomic E-state index is 0.0670. The third-order valence-corrected chi connectivity index (χ3v) is 3.13. The largest absolute Gasteiger partial charge is 0.481 e. The lowest BCUT2D eigenvalue weighted by Gasteiger charge is -2.11. The van der Waals surface area contributed by atoms with Crippen LogP contribution in [0.15, 0.2) is 0 Å². The molecule has 0 aliphatic rings. The van der Waals surface area contributed by atoms with Crippen LogP contribution >= 0.6 is 11.8 Å². The van der Waals surface area contributed by atoms with Crippen molar-refractivity contribution in [1.29, 1.82) is 0 Å². The number of carbonyl (C=O) groups excluding carboxylic acids is 1. The van der Waals surface area contributed by atoms with Gasteiger partial charge >= 0.3 is 5.97 Å². The second-order valence-electron chi connectivity index (χ2n) is 3.48. The highest BCUT2D eigenvalue weighted by atomic mass is 32.2. The molecule has 4 nitrogen and oxygen atoms in total. The van der Waals surface area contributed by atoms with Crippen LogP contribution in [0.2, 0.25) is 0 Å². The lowest BCUT2D eigenvalue weighted by atomic mass is 10.2. The Labute approximate surface area is 94.8 Å². The van der Waals surface area contributed by atoms with Gasteiger partial charge in [0, 0.05) is 18.7 Å². The van der Waals surface area contributed by atoms with Crippen LogP contribution in [0.25, 0.3) is 0 Å². The molecular weight excluding hydrogens is 214 g/mol. The van der Waals surface area contributed by atoms with E-state index in [0.29, 0.717) is 24.6 Å². The monoisotopic (exact) mass is 233 g/mol. The Hall–Kier alpha value is -0.710. The molecule has 2 N–H and O–H groups in total. The maximum absolute atomic E-state index is 10.9. The van der Waals surface area contributed by atoms with E-state index in [4.69, 9.17) is 5.11 Å². The number of carboxylic acid groups (broad SMARTS) is 1. The number of aliphatic carboxylic acids is 1. The van der Waals surface area contributed by atoms with Gasteiger partial charge in [0.15, 0.2) is 0 Å². The lowest BCUT2D eigenvalue weighted by Crippen LogP contribution is -2.28. The molecule has 0 rings (SSSR count). The predicted molar refractivity (Wildman–Crippen MR) is 62.0 cm³/mol. The summed E-state index contributed by atoms with van der Waals surface area (Å²) < 4.78 is 0. The zero-order valence-electron chi connectivity index (χ0n) is 9.28. The molecule has 0 aromatic rings. The number of amides is 1. The van der Waals surface area contributed by atoms with Crippen LogP contribution < -0.4 is 5.32 Å². The predicted octanol–water partition coefficient (Wildman–Crippen LogP) is 1.36. The Morgan fingerprint density at radius 3 is 2.67 bits per heavy atom. The van der Waals surface area contributed by atoms with Crippen molar-refractivity contribution in [3.8, 4) is 0 Å². The van der Waals surface area contributed by atoms with E-state index in [9.17, 15) is 9.59 Å². The average Bonchev–Trinajstić information content (AvgIpc) is 2.20. The zero-order chi connectivity index (χ0) is 11.7. The van der Waals surface area contributed by atoms with Gasteiger partial charge in [-0.15, -0.1) is 0 Å². The molecule has 0 saturated carbocycles. The first-order chi connectivity index (χ1) is 7.06. The van der Waals surface area contributed by atoms with E-state index in [-0.39, 0.29) is 12.3 Å². The van der Waals surface area contributed by atoms with Crippen molar-refractivity contribution >= 4 is 23.6 Å². The molecule has 0 aromatic carbocycles. The molecule has 0 fully saturated rings. The van der Waals surface area contributed by atoms with Crippen LogP contribution in [0.1, 0.15) is 26.7 Å². The molecule has 1 amide bonds. The fourth-order valence-corrected chi connectivity index (χ4v) is 1.92. The number of thioether (sulfide) groups is 1. The molecular formula is C10H19NO3S. The fraction of sp³-hybridized carbons (Fsp3) is 0.800. The van der Waals surface area contributed by atoms with Crippen molar-refractivity contribution in [3.05, 3.63) is 0 Å². The summed E-state index contributed by atoms with van der Waals surface area (Å²) in [7, 11) is 0. The van der Waals surface area contributed by atoms with Gasteiger partial charge in [0.05, 0.1) is 6.42 Å². The molecule has 15 heavy (non-hydrogen) atoms. The standard InChI is InChI=1S/C10H19NO3S/c1-3-9(12)11-6-8(2)7-15-5-4-10(13)14/h8H,3-7H2,1-2H3,(H,11,12)(H,13,14). The van der Waals surface area contributed by atoms with Gasteiger partial charge in [0.25, 0.3) is 0 Å². The maximum Gasteiger partial charge on any atom is 0.304 e. The van der Waals surface area contributed by atoms with Gasteiger partial charge in [0.2, 0.25) is 5.91 Å². The molecule has 0 spiro atoms. The van der Waals surface area contributed by atoms with Crippen LogP contribution in [0.5, 0.6) is 0 Å². The highest BCUT2D eigenvalue weighted by molar-refractivity contribution is 7.99. The zero-order valence-corrected chi connectivity index (χ0v) is 10.1. The molecule has 5 heteroatoms. The molecule has 88 valence electrons. The summed E-state index contributed by atoms with van der Waals surface area (Å²) in [6, 6.07) is 0. The summed E-state index contributed by atoms with van der Waals surface area (Å²) in [5, 5.41) is 11.2. The average molecular weight is 233 g/mol. The summed E-state index contributed by atoms with van der Waals surface area (Å²) in [5.74, 6) is 1.23. The quantitative estimate of drug-likeness (QED) is 0.621. The number of rotatable bonds is 8. The van der Waals surface area contributed by atoms with E-state index < -0.39 is 5.97 Å². The van der Waals surface area contributed by atoms with Gasteiger partial charge in [0.1, 0.15) is 0 Å². The molecule has 0 aliphatic carbocycles. The van der Waals surface area contributed by atoms with Gasteiger partial charge in [-0.3, -0.25) is 9.59 Å². The van der Waals surface area contributed by atoms with Crippen LogP contribution in [-0.2, 0) is 9.59 Å². The molecule has 0 heterocycles. The van der Waals surface area contributed by atoms with Crippen LogP contribution in [0.4, 0.5) is 0 Å². The van der Waals surface area contributed by atoms with E-state index in [0.717, 1.165) is 5.75 Å². The first-order valence-corrected chi connectivity index (χ1v) is 6.28. The van der Waals surface area contributed by atoms with Crippen LogP contribution in [0.3, 0.4) is 0 Å². The third kappa shape index (κ3) is 9.59. The van der Waals surface area contributed by atoms with Gasteiger partial charge < -0.3 is 10.4 Å². The number of carbonyl (C=O) groups is 2. The Bertz CT molecular complexity index is 209. The van der Waals surface area contributed by atoms with Crippen LogP contribution in [0, 0.1) is 5.92 Å². The van der Waals surface area contributed by atoms with E-state index in [1.54, 1.807) is 11.8 Å². The van der Waals surface area contributed by atoms with E-state index in [1.165, 1.54) is 0 Å². The summed E-state index contributed by atoms with van der Waals surface area (Å²) in [5.41, 5.74) is 0. The van der Waals surface area contributed by atoms with E-state index >= 15 is 0 Å². The van der Waals surface area contributed by atoms with E-state index in [1.807, 2.05) is 13.8 Å². The number of hydrogen-bond donors (Lipinski definition) is 2. The van der Waals surface area contributed by atoms with Crippen molar-refractivity contribution in [2.24, 2.45) is 5.92 Å². The van der Waals surface area contributed by atoms with Crippen molar-refractivity contribution in [2.75, 3.05) is 18.1 Å². The summed E-state index contributed by atoms with van der Waals surface area (Å²) in [6.45, 7) is 4.54. The van der Waals surface area contributed by atoms with E-state index in [2.05, 4.69) is 5.32 Å². The maximum atomic E-state index is 10.9. The van der Waals surface area contributed by atoms with Crippen molar-refractivity contribution in [3.63, 3.8) is 0 Å². The highest BCUT2D eigenvalue weighted by Gasteiger charge is 2.05. The fourth-order valence-electron chi connectivity index (χ4n) is 0.916. The summed E-state index contributed by atoms with van der Waals surface area (Å²) >= 11 is 1.62. The Balaban J connectivity index is 3.37. The summed E-state index contributed by atoms with van der Waals surface area (Å²) in [4.78, 5) is 21.2. The number of hydrogen-bond acceptors (Lipinski definition) is 3. The molecule has 0 saturated heterocycles. The molecule has 0 radical (unpaired) electrons. The molecule has 0 bridgehead atoms. The third-order valence-electron chi connectivity index (χ3n) is 1.83. The molecule has 1 unspecified atom stereocenters. The van der Waals surface area contributed by atoms with Gasteiger partial charge in [-0.1, -0.05) is 13.8 Å². The van der Waals surface area contributed by atoms with Gasteiger partial charge in [-0.05, 0) is 11.7 Å². The first kappa shape index (κ1) is 14.3. The van der Waals surface area contributed by atoms with Crippen LogP contribution in [-0.4, -0.2) is 35.0 Å². The van der Waals surface area contributed by atoms with Crippen molar-refractivity contribution in [1.82, 2.24) is 5.32 Å². The minimum Gasteiger partial charge on any atom is -0.481 e. The Morgan fingerprint density at radius 1 is 1.47 bits per heavy atom. The smallest absolute Gasteiger partial charge is 0.304 e. The Morgan fingerprint density at radius 2 is 2.13 bits per heavy atom. The number of carboxylic acids is 1. The topological polar surface area (TPSA) is 66.4 Å². The first-order valence-electron chi connectivity index (χ1n) is 5.12. The normalized spacial score (nSPS) is 12.1. The summed E-state index contributed by atoms with van der Waals surface area (Å²) in [6.07, 6.45) is 0.720. The van der Waals surface area contributed by atoms with Crippen molar-refractivity contribution in [2.45, 2.75) is 26.7 Å². The molecule has 0 aromatic heterocycles. The SMILES string of the molecule is CCC(=O)NCC(C)CSCCC(=O)O. The second-order valence-corrected chi connectivity index (χ2v) is 4.63. The Kier molecular flexibility index (Phi) is 8.18. The van der Waals surface area contributed by atoms with Crippen molar-refractivity contribution < 1.29 is 14.7 Å². The minimum atomic E-state index is -0.755. The molecule has 0 aliphatic heterocycles.